The Morgan fingerprint density at radius 3 is 2.91 bits per heavy atom. The van der Waals surface area contributed by atoms with Crippen molar-refractivity contribution in [1.29, 1.82) is 0 Å². The molecule has 23 heavy (non-hydrogen) atoms. The van der Waals surface area contributed by atoms with Gasteiger partial charge >= 0.3 is 0 Å². The summed E-state index contributed by atoms with van der Waals surface area (Å²) < 4.78 is 16.6. The zero-order valence-electron chi connectivity index (χ0n) is 13.8. The normalized spacial score (nSPS) is 20.8. The summed E-state index contributed by atoms with van der Waals surface area (Å²) in [7, 11) is 0. The van der Waals surface area contributed by atoms with Gasteiger partial charge in [-0.25, -0.2) is 0 Å². The minimum atomic E-state index is -0.433. The summed E-state index contributed by atoms with van der Waals surface area (Å²) in [6.45, 7) is 7.12. The zero-order chi connectivity index (χ0) is 16.8. The number of nitrogens with one attached hydrogen (secondary N) is 1. The summed E-state index contributed by atoms with van der Waals surface area (Å²) in [6.07, 6.45) is 2.58. The molecule has 0 aliphatic carbocycles. The Balaban J connectivity index is 2.01. The first-order chi connectivity index (χ1) is 11.0. The number of carbonyl (C=O) groups is 1. The van der Waals surface area contributed by atoms with Crippen molar-refractivity contribution in [2.75, 3.05) is 19.8 Å². The van der Waals surface area contributed by atoms with E-state index in [0.29, 0.717) is 32.0 Å². The molecule has 1 amide bonds. The largest absolute Gasteiger partial charge is 0.456 e. The van der Waals surface area contributed by atoms with Crippen molar-refractivity contribution in [2.45, 2.75) is 39.3 Å². The van der Waals surface area contributed by atoms with Crippen LogP contribution in [0.1, 0.15) is 36.6 Å². The fraction of sp³-hybridized carbons (Fsp3) is 0.529. The number of rotatable bonds is 5. The Morgan fingerprint density at radius 1 is 1.43 bits per heavy atom. The van der Waals surface area contributed by atoms with E-state index in [4.69, 9.17) is 13.9 Å². The van der Waals surface area contributed by atoms with E-state index in [-0.39, 0.29) is 23.3 Å². The second kappa shape index (κ2) is 8.08. The number of hydrogen-bond acceptors (Lipinski definition) is 5. The maximum atomic E-state index is 12.3. The molecule has 1 aromatic rings. The van der Waals surface area contributed by atoms with Crippen molar-refractivity contribution in [3.05, 3.63) is 45.5 Å². The minimum Gasteiger partial charge on any atom is -0.456 e. The lowest BCUT2D eigenvalue weighted by atomic mass is 10.1. The molecule has 1 saturated heterocycles. The van der Waals surface area contributed by atoms with Gasteiger partial charge in [-0.2, -0.15) is 0 Å². The van der Waals surface area contributed by atoms with Crippen molar-refractivity contribution in [1.82, 2.24) is 5.32 Å². The van der Waals surface area contributed by atoms with Gasteiger partial charge in [-0.15, -0.1) is 0 Å². The van der Waals surface area contributed by atoms with Crippen LogP contribution in [0, 0.1) is 6.92 Å². The molecule has 0 radical (unpaired) electrons. The van der Waals surface area contributed by atoms with E-state index < -0.39 is 5.91 Å². The highest BCUT2D eigenvalue weighted by Gasteiger charge is 2.28. The average molecular weight is 321 g/mol. The van der Waals surface area contributed by atoms with Crippen molar-refractivity contribution in [2.24, 2.45) is 0 Å². The van der Waals surface area contributed by atoms with Crippen LogP contribution >= 0.6 is 0 Å². The lowest BCUT2D eigenvalue weighted by Crippen LogP contribution is -2.50. The Bertz CT molecular complexity index is 630. The Labute approximate surface area is 135 Å². The number of allylic oxidation sites excluding steroid dienone is 1. The molecule has 6 heteroatoms. The quantitative estimate of drug-likeness (QED) is 0.837. The predicted molar refractivity (Wildman–Crippen MR) is 85.6 cm³/mol. The zero-order valence-corrected chi connectivity index (χ0v) is 13.8. The lowest BCUT2D eigenvalue weighted by Gasteiger charge is -2.31. The highest BCUT2D eigenvalue weighted by atomic mass is 16.5. The topological polar surface area (TPSA) is 77.8 Å². The van der Waals surface area contributed by atoms with Crippen LogP contribution in [0.25, 0.3) is 0 Å². The summed E-state index contributed by atoms with van der Waals surface area (Å²) in [5.41, 5.74) is 0.925. The van der Waals surface area contributed by atoms with E-state index in [1.54, 1.807) is 6.92 Å². The molecule has 6 nitrogen and oxygen atoms in total. The molecule has 2 heterocycles. The number of ether oxygens (including phenoxy) is 2. The van der Waals surface area contributed by atoms with E-state index in [1.165, 1.54) is 17.7 Å². The molecule has 1 aromatic heterocycles. The molecule has 126 valence electrons. The fourth-order valence-corrected chi connectivity index (χ4v) is 2.35. The molecule has 2 atom stereocenters. The van der Waals surface area contributed by atoms with E-state index in [1.807, 2.05) is 19.9 Å². The molecule has 1 N–H and O–H groups in total. The summed E-state index contributed by atoms with van der Waals surface area (Å²) in [4.78, 5) is 23.8. The average Bonchev–Trinajstić information content (AvgIpc) is 2.47. The highest BCUT2D eigenvalue weighted by Crippen LogP contribution is 2.13. The smallest absolute Gasteiger partial charge is 0.287 e. The van der Waals surface area contributed by atoms with Crippen molar-refractivity contribution >= 4 is 5.91 Å². The van der Waals surface area contributed by atoms with Crippen molar-refractivity contribution < 1.29 is 18.7 Å². The van der Waals surface area contributed by atoms with Crippen LogP contribution in [0.4, 0.5) is 0 Å². The van der Waals surface area contributed by atoms with Gasteiger partial charge in [0.25, 0.3) is 5.91 Å². The van der Waals surface area contributed by atoms with Gasteiger partial charge < -0.3 is 19.2 Å². The van der Waals surface area contributed by atoms with Gasteiger partial charge in [0.2, 0.25) is 0 Å². The molecule has 0 saturated carbocycles. The SMILES string of the molecule is CC(C)=CCO[C@H]1CCOC[C@H]1NC(=O)c1cc(=O)cc(C)o1. The van der Waals surface area contributed by atoms with Gasteiger partial charge in [-0.1, -0.05) is 11.6 Å². The van der Waals surface area contributed by atoms with Crippen LogP contribution in [0.2, 0.25) is 0 Å². The fourth-order valence-electron chi connectivity index (χ4n) is 2.35. The number of hydrogen-bond donors (Lipinski definition) is 1. The summed E-state index contributed by atoms with van der Waals surface area (Å²) in [5.74, 6) is -0.0281. The van der Waals surface area contributed by atoms with Crippen LogP contribution in [-0.4, -0.2) is 37.9 Å². The van der Waals surface area contributed by atoms with Gasteiger partial charge in [0.1, 0.15) is 5.76 Å². The summed E-state index contributed by atoms with van der Waals surface area (Å²) in [5, 5.41) is 2.84. The number of carbonyl (C=O) groups excluding carboxylic acids is 1. The number of amides is 1. The van der Waals surface area contributed by atoms with E-state index in [2.05, 4.69) is 5.32 Å². The maximum Gasteiger partial charge on any atom is 0.287 e. The van der Waals surface area contributed by atoms with E-state index >= 15 is 0 Å². The Morgan fingerprint density at radius 2 is 2.22 bits per heavy atom. The molecule has 1 fully saturated rings. The van der Waals surface area contributed by atoms with E-state index in [9.17, 15) is 9.59 Å². The molecule has 0 bridgehead atoms. The first kappa shape index (κ1) is 17.4. The monoisotopic (exact) mass is 321 g/mol. The maximum absolute atomic E-state index is 12.3. The second-order valence-electron chi connectivity index (χ2n) is 5.86. The molecule has 0 aromatic carbocycles. The Kier molecular flexibility index (Phi) is 6.12. The predicted octanol–water partition coefficient (Wildman–Crippen LogP) is 1.82. The molecular weight excluding hydrogens is 298 g/mol. The van der Waals surface area contributed by atoms with Crippen LogP contribution in [0.5, 0.6) is 0 Å². The lowest BCUT2D eigenvalue weighted by molar-refractivity contribution is -0.0459. The molecule has 1 aliphatic heterocycles. The van der Waals surface area contributed by atoms with Crippen molar-refractivity contribution in [3.8, 4) is 0 Å². The van der Waals surface area contributed by atoms with Gasteiger partial charge in [-0.05, 0) is 27.2 Å². The van der Waals surface area contributed by atoms with Crippen molar-refractivity contribution in [3.63, 3.8) is 0 Å². The first-order valence-electron chi connectivity index (χ1n) is 7.71. The van der Waals surface area contributed by atoms with Gasteiger partial charge in [0.15, 0.2) is 11.2 Å². The van der Waals surface area contributed by atoms with Crippen LogP contribution in [0.3, 0.4) is 0 Å². The molecule has 1 aliphatic rings. The molecule has 0 spiro atoms. The van der Waals surface area contributed by atoms with Crippen LogP contribution < -0.4 is 10.7 Å². The molecule has 2 rings (SSSR count). The third kappa shape index (κ3) is 5.33. The standard InChI is InChI=1S/C17H23NO5/c1-11(2)4-7-22-15-5-6-21-10-14(15)18-17(20)16-9-13(19)8-12(3)23-16/h4,8-9,14-15H,5-7,10H2,1-3H3,(H,18,20)/t14-,15+/m1/s1. The van der Waals surface area contributed by atoms with E-state index in [0.717, 1.165) is 0 Å². The van der Waals surface area contributed by atoms with Crippen LogP contribution in [0.15, 0.2) is 33.0 Å². The first-order valence-corrected chi connectivity index (χ1v) is 7.71. The molecule has 0 unspecified atom stereocenters. The number of aryl methyl sites for hydroxylation is 1. The highest BCUT2D eigenvalue weighted by molar-refractivity contribution is 5.91. The van der Waals surface area contributed by atoms with Gasteiger partial charge in [0, 0.05) is 18.7 Å². The summed E-state index contributed by atoms with van der Waals surface area (Å²) in [6, 6.07) is 2.25. The van der Waals surface area contributed by atoms with Gasteiger partial charge in [0.05, 0.1) is 25.4 Å². The Hall–Kier alpha value is -1.92. The van der Waals surface area contributed by atoms with Crippen LogP contribution in [-0.2, 0) is 9.47 Å². The molecular formula is C17H23NO5. The summed E-state index contributed by atoms with van der Waals surface area (Å²) >= 11 is 0. The minimum absolute atomic E-state index is 0.00335. The third-order valence-electron chi connectivity index (χ3n) is 3.52. The second-order valence-corrected chi connectivity index (χ2v) is 5.86. The van der Waals surface area contributed by atoms with Gasteiger partial charge in [-0.3, -0.25) is 9.59 Å². The third-order valence-corrected chi connectivity index (χ3v) is 3.52.